The summed E-state index contributed by atoms with van der Waals surface area (Å²) in [6.07, 6.45) is -4.82. The summed E-state index contributed by atoms with van der Waals surface area (Å²) in [6, 6.07) is 13.7. The quantitative estimate of drug-likeness (QED) is 0.331. The van der Waals surface area contributed by atoms with Gasteiger partial charge in [0.15, 0.2) is 5.96 Å². The van der Waals surface area contributed by atoms with Gasteiger partial charge in [0.1, 0.15) is 6.10 Å². The molecule has 1 heterocycles. The summed E-state index contributed by atoms with van der Waals surface area (Å²) in [5, 5.41) is 3.37. The Labute approximate surface area is 204 Å². The number of hydrogen-bond donors (Lipinski definition) is 1. The molecule has 1 aliphatic rings. The molecule has 1 unspecified atom stereocenters. The van der Waals surface area contributed by atoms with Crippen LogP contribution >= 0.6 is 24.0 Å². The van der Waals surface area contributed by atoms with Crippen LogP contribution in [-0.4, -0.2) is 56.6 Å². The van der Waals surface area contributed by atoms with E-state index in [1.165, 1.54) is 17.7 Å². The first-order chi connectivity index (χ1) is 14.8. The van der Waals surface area contributed by atoms with E-state index in [-0.39, 0.29) is 24.0 Å². The molecule has 0 spiro atoms. The SMILES string of the molecule is CN=C(NCc1cccc(CN(C)C)c1)N1CCOC(c2cccc(C(F)(F)F)c2)C1.I. The first kappa shape index (κ1) is 26.4. The van der Waals surface area contributed by atoms with E-state index in [1.54, 1.807) is 13.1 Å². The van der Waals surface area contributed by atoms with Gasteiger partial charge in [0.05, 0.1) is 18.7 Å². The molecule has 1 aliphatic heterocycles. The Morgan fingerprint density at radius 1 is 1.16 bits per heavy atom. The van der Waals surface area contributed by atoms with Gasteiger partial charge in [-0.25, -0.2) is 0 Å². The Hall–Kier alpha value is -1.85. The average Bonchev–Trinajstić information content (AvgIpc) is 2.74. The number of hydrogen-bond acceptors (Lipinski definition) is 3. The zero-order valence-electron chi connectivity index (χ0n) is 18.5. The monoisotopic (exact) mass is 562 g/mol. The predicted octanol–water partition coefficient (Wildman–Crippen LogP) is 4.53. The molecule has 0 radical (unpaired) electrons. The Morgan fingerprint density at radius 2 is 1.88 bits per heavy atom. The average molecular weight is 562 g/mol. The van der Waals surface area contributed by atoms with Crippen LogP contribution in [0.15, 0.2) is 53.5 Å². The van der Waals surface area contributed by atoms with Gasteiger partial charge in [0.25, 0.3) is 0 Å². The lowest BCUT2D eigenvalue weighted by Gasteiger charge is -2.35. The highest BCUT2D eigenvalue weighted by atomic mass is 127. The molecule has 3 rings (SSSR count). The summed E-state index contributed by atoms with van der Waals surface area (Å²) in [4.78, 5) is 8.51. The van der Waals surface area contributed by atoms with E-state index < -0.39 is 17.8 Å². The predicted molar refractivity (Wildman–Crippen MR) is 131 cm³/mol. The smallest absolute Gasteiger partial charge is 0.370 e. The van der Waals surface area contributed by atoms with E-state index in [9.17, 15) is 13.2 Å². The van der Waals surface area contributed by atoms with Crippen molar-refractivity contribution in [3.63, 3.8) is 0 Å². The fourth-order valence-corrected chi connectivity index (χ4v) is 3.68. The van der Waals surface area contributed by atoms with E-state index in [0.717, 1.165) is 18.2 Å². The van der Waals surface area contributed by atoms with Crippen LogP contribution in [0.25, 0.3) is 0 Å². The molecule has 5 nitrogen and oxygen atoms in total. The van der Waals surface area contributed by atoms with Crippen molar-refractivity contribution in [2.75, 3.05) is 40.8 Å². The molecule has 9 heteroatoms. The summed E-state index contributed by atoms with van der Waals surface area (Å²) in [5.41, 5.74) is 2.23. The van der Waals surface area contributed by atoms with E-state index >= 15 is 0 Å². The molecule has 0 aliphatic carbocycles. The Kier molecular flexibility index (Phi) is 9.78. The van der Waals surface area contributed by atoms with Crippen molar-refractivity contribution in [1.29, 1.82) is 0 Å². The maximum atomic E-state index is 13.1. The molecule has 2 aromatic rings. The maximum absolute atomic E-state index is 13.1. The van der Waals surface area contributed by atoms with Crippen LogP contribution in [0.4, 0.5) is 13.2 Å². The number of aliphatic imine (C=N–C) groups is 1. The second-order valence-electron chi connectivity index (χ2n) is 7.89. The number of ether oxygens (including phenoxy) is 1. The molecule has 2 aromatic carbocycles. The maximum Gasteiger partial charge on any atom is 0.416 e. The van der Waals surface area contributed by atoms with Crippen molar-refractivity contribution in [1.82, 2.24) is 15.1 Å². The fourth-order valence-electron chi connectivity index (χ4n) is 3.68. The van der Waals surface area contributed by atoms with Gasteiger partial charge in [-0.1, -0.05) is 36.4 Å². The van der Waals surface area contributed by atoms with Crippen LogP contribution in [0, 0.1) is 0 Å². The summed E-state index contributed by atoms with van der Waals surface area (Å²) in [7, 11) is 5.78. The fraction of sp³-hybridized carbons (Fsp3) is 0.435. The van der Waals surface area contributed by atoms with Crippen molar-refractivity contribution in [3.05, 3.63) is 70.8 Å². The molecular formula is C23H30F3IN4O. The second-order valence-corrected chi connectivity index (χ2v) is 7.89. The molecule has 1 N–H and O–H groups in total. The lowest BCUT2D eigenvalue weighted by Crippen LogP contribution is -2.48. The Morgan fingerprint density at radius 3 is 2.56 bits per heavy atom. The van der Waals surface area contributed by atoms with Gasteiger partial charge in [-0.3, -0.25) is 4.99 Å². The third-order valence-corrected chi connectivity index (χ3v) is 5.10. The van der Waals surface area contributed by atoms with Crippen molar-refractivity contribution in [2.45, 2.75) is 25.4 Å². The van der Waals surface area contributed by atoms with Crippen LogP contribution in [0.5, 0.6) is 0 Å². The zero-order chi connectivity index (χ0) is 22.4. The lowest BCUT2D eigenvalue weighted by atomic mass is 10.0. The van der Waals surface area contributed by atoms with Crippen LogP contribution in [-0.2, 0) is 24.0 Å². The molecule has 0 aromatic heterocycles. The van der Waals surface area contributed by atoms with Crippen LogP contribution < -0.4 is 5.32 Å². The Balaban J connectivity index is 0.00000363. The van der Waals surface area contributed by atoms with Gasteiger partial charge in [0.2, 0.25) is 0 Å². The van der Waals surface area contributed by atoms with Gasteiger partial charge in [-0.2, -0.15) is 13.2 Å². The first-order valence-corrected chi connectivity index (χ1v) is 10.2. The van der Waals surface area contributed by atoms with E-state index in [2.05, 4.69) is 33.4 Å². The highest BCUT2D eigenvalue weighted by Crippen LogP contribution is 2.32. The van der Waals surface area contributed by atoms with Crippen LogP contribution in [0.2, 0.25) is 0 Å². The van der Waals surface area contributed by atoms with E-state index in [4.69, 9.17) is 4.74 Å². The minimum atomic E-state index is -4.37. The topological polar surface area (TPSA) is 40.1 Å². The number of rotatable bonds is 5. The standard InChI is InChI=1S/C23H29F3N4O.HI/c1-27-22(28-14-17-6-4-7-18(12-17)15-29(2)3)30-10-11-31-21(16-30)19-8-5-9-20(13-19)23(24,25)26;/h4-9,12-13,21H,10-11,14-16H2,1-3H3,(H,27,28);1H. The largest absolute Gasteiger partial charge is 0.416 e. The normalized spacial score (nSPS) is 17.3. The molecule has 32 heavy (non-hydrogen) atoms. The van der Waals surface area contributed by atoms with Gasteiger partial charge in [-0.15, -0.1) is 24.0 Å². The van der Waals surface area contributed by atoms with Gasteiger partial charge in [0, 0.05) is 26.7 Å². The summed E-state index contributed by atoms with van der Waals surface area (Å²) in [6.45, 7) is 2.95. The number of alkyl halides is 3. The molecule has 1 saturated heterocycles. The number of halogens is 4. The first-order valence-electron chi connectivity index (χ1n) is 10.2. The minimum absolute atomic E-state index is 0. The lowest BCUT2D eigenvalue weighted by molar-refractivity contribution is -0.137. The second kappa shape index (κ2) is 11.9. The summed E-state index contributed by atoms with van der Waals surface area (Å²) in [5.74, 6) is 0.707. The molecule has 0 bridgehead atoms. The number of guanidine groups is 1. The van der Waals surface area contributed by atoms with Crippen molar-refractivity contribution < 1.29 is 17.9 Å². The third-order valence-electron chi connectivity index (χ3n) is 5.10. The van der Waals surface area contributed by atoms with Crippen LogP contribution in [0.1, 0.15) is 28.4 Å². The van der Waals surface area contributed by atoms with Gasteiger partial charge < -0.3 is 19.9 Å². The number of benzene rings is 2. The van der Waals surface area contributed by atoms with Crippen LogP contribution in [0.3, 0.4) is 0 Å². The molecule has 0 amide bonds. The zero-order valence-corrected chi connectivity index (χ0v) is 20.9. The van der Waals surface area contributed by atoms with Gasteiger partial charge in [-0.05, 0) is 42.9 Å². The minimum Gasteiger partial charge on any atom is -0.370 e. The summed E-state index contributed by atoms with van der Waals surface area (Å²) >= 11 is 0. The third kappa shape index (κ3) is 7.35. The number of morpholine rings is 1. The highest BCUT2D eigenvalue weighted by molar-refractivity contribution is 14.0. The molecule has 0 saturated carbocycles. The molecule has 1 fully saturated rings. The number of nitrogens with one attached hydrogen (secondary N) is 1. The highest BCUT2D eigenvalue weighted by Gasteiger charge is 2.32. The molecular weight excluding hydrogens is 532 g/mol. The molecule has 1 atom stereocenters. The molecule has 176 valence electrons. The van der Waals surface area contributed by atoms with Crippen molar-refractivity contribution in [2.24, 2.45) is 4.99 Å². The Bertz CT molecular complexity index is 905. The summed E-state index contributed by atoms with van der Waals surface area (Å²) < 4.78 is 45.0. The van der Waals surface area contributed by atoms with Gasteiger partial charge >= 0.3 is 6.18 Å². The van der Waals surface area contributed by atoms with E-state index in [0.29, 0.717) is 37.8 Å². The number of nitrogens with zero attached hydrogens (tertiary/aromatic N) is 3. The van der Waals surface area contributed by atoms with Crippen molar-refractivity contribution >= 4 is 29.9 Å². The van der Waals surface area contributed by atoms with Crippen molar-refractivity contribution in [3.8, 4) is 0 Å². The van der Waals surface area contributed by atoms with E-state index in [1.807, 2.05) is 25.1 Å².